The van der Waals surface area contributed by atoms with Crippen LogP contribution in [0.3, 0.4) is 0 Å². The fraction of sp³-hybridized carbons (Fsp3) is 0.0385. The van der Waals surface area contributed by atoms with Crippen LogP contribution in [0.4, 0.5) is 4.79 Å². The molecular formula is C26H19N3O4. The average molecular weight is 437 g/mol. The first kappa shape index (κ1) is 20.3. The Kier molecular flexibility index (Phi) is 4.99. The highest BCUT2D eigenvalue weighted by molar-refractivity contribution is 6.22. The minimum atomic E-state index is -0.798. The maximum atomic E-state index is 12.3. The topological polar surface area (TPSA) is 111 Å². The van der Waals surface area contributed by atoms with Gasteiger partial charge >= 0.3 is 11.7 Å². The van der Waals surface area contributed by atoms with Gasteiger partial charge in [-0.05, 0) is 30.2 Å². The van der Waals surface area contributed by atoms with Gasteiger partial charge in [0.1, 0.15) is 16.9 Å². The molecule has 5 rings (SSSR count). The average Bonchev–Trinajstić information content (AvgIpc) is 3.20. The molecule has 0 bridgehead atoms. The van der Waals surface area contributed by atoms with Crippen molar-refractivity contribution in [2.75, 3.05) is 0 Å². The van der Waals surface area contributed by atoms with Crippen LogP contribution in [-0.2, 0) is 0 Å². The maximum Gasteiger partial charge on any atom is 0.336 e. The molecule has 0 atom stereocenters. The van der Waals surface area contributed by atoms with Crippen LogP contribution in [0.2, 0.25) is 0 Å². The number of hydrogen-bond donors (Lipinski definition) is 2. The van der Waals surface area contributed by atoms with E-state index in [1.165, 1.54) is 6.07 Å². The lowest BCUT2D eigenvalue weighted by Gasteiger charge is -2.08. The zero-order valence-corrected chi connectivity index (χ0v) is 17.7. The lowest BCUT2D eigenvalue weighted by atomic mass is 9.96. The smallest absolute Gasteiger partial charge is 0.336 e. The summed E-state index contributed by atoms with van der Waals surface area (Å²) in [6, 6.07) is 23.3. The number of nitrogens with one attached hydrogen (secondary N) is 1. The summed E-state index contributed by atoms with van der Waals surface area (Å²) in [5.74, 6) is 0.410. The van der Waals surface area contributed by atoms with Crippen molar-refractivity contribution in [3.8, 4) is 11.1 Å². The van der Waals surface area contributed by atoms with Crippen LogP contribution in [-0.4, -0.2) is 11.7 Å². The van der Waals surface area contributed by atoms with Crippen LogP contribution >= 0.6 is 0 Å². The van der Waals surface area contributed by atoms with Gasteiger partial charge in [0.15, 0.2) is 5.76 Å². The van der Waals surface area contributed by atoms with Crippen molar-refractivity contribution >= 4 is 33.7 Å². The number of urea groups is 1. The Morgan fingerprint density at radius 3 is 2.33 bits per heavy atom. The van der Waals surface area contributed by atoms with Crippen molar-refractivity contribution in [1.82, 2.24) is 5.43 Å². The van der Waals surface area contributed by atoms with Crippen molar-refractivity contribution in [1.29, 1.82) is 0 Å². The number of carbonyl (C=O) groups excluding carboxylic acids is 1. The monoisotopic (exact) mass is 437 g/mol. The number of primary amides is 1. The second-order valence-corrected chi connectivity index (χ2v) is 7.54. The summed E-state index contributed by atoms with van der Waals surface area (Å²) in [6.45, 7) is 1.86. The second kappa shape index (κ2) is 8.12. The highest BCUT2D eigenvalue weighted by Crippen LogP contribution is 2.40. The Morgan fingerprint density at radius 2 is 1.64 bits per heavy atom. The molecule has 0 saturated carbocycles. The highest BCUT2D eigenvalue weighted by atomic mass is 16.4. The van der Waals surface area contributed by atoms with Crippen molar-refractivity contribution in [3.63, 3.8) is 0 Å². The highest BCUT2D eigenvalue weighted by Gasteiger charge is 2.25. The number of nitrogens with two attached hydrogens (primary N) is 1. The molecule has 0 spiro atoms. The first-order valence-electron chi connectivity index (χ1n) is 10.3. The van der Waals surface area contributed by atoms with Gasteiger partial charge in [-0.3, -0.25) is 0 Å². The Bertz CT molecular complexity index is 1580. The molecule has 0 unspecified atom stereocenters. The molecule has 2 heterocycles. The maximum absolute atomic E-state index is 12.3. The van der Waals surface area contributed by atoms with Crippen molar-refractivity contribution < 1.29 is 13.6 Å². The SMILES string of the molecule is Cc1cc(=O)oc2c1ccc1oc(/C(=N/NC(N)=O)c3ccccc3)c(-c3ccccc3)c12. The van der Waals surface area contributed by atoms with Gasteiger partial charge in [0.2, 0.25) is 0 Å². The molecule has 33 heavy (non-hydrogen) atoms. The molecule has 3 N–H and O–H groups in total. The molecule has 7 heteroatoms. The number of carbonyl (C=O) groups is 1. The number of benzene rings is 3. The Labute approximate surface area is 188 Å². The zero-order valence-electron chi connectivity index (χ0n) is 17.7. The first-order valence-corrected chi connectivity index (χ1v) is 10.3. The van der Waals surface area contributed by atoms with E-state index in [1.54, 1.807) is 0 Å². The fourth-order valence-electron chi connectivity index (χ4n) is 3.96. The molecule has 0 fully saturated rings. The number of amides is 2. The number of aryl methyl sites for hydroxylation is 1. The lowest BCUT2D eigenvalue weighted by molar-refractivity contribution is 0.249. The van der Waals surface area contributed by atoms with Gasteiger partial charge in [0.05, 0.1) is 5.39 Å². The summed E-state index contributed by atoms with van der Waals surface area (Å²) in [5.41, 5.74) is 11.5. The molecule has 0 aliphatic heterocycles. The van der Waals surface area contributed by atoms with E-state index in [4.69, 9.17) is 14.6 Å². The van der Waals surface area contributed by atoms with Crippen molar-refractivity contribution in [2.24, 2.45) is 10.8 Å². The second-order valence-electron chi connectivity index (χ2n) is 7.54. The predicted octanol–water partition coefficient (Wildman–Crippen LogP) is 4.94. The summed E-state index contributed by atoms with van der Waals surface area (Å²) in [5, 5.41) is 5.72. The zero-order chi connectivity index (χ0) is 22.9. The van der Waals surface area contributed by atoms with Gasteiger partial charge in [-0.25, -0.2) is 15.0 Å². The third-order valence-corrected chi connectivity index (χ3v) is 5.37. The molecule has 0 aliphatic rings. The molecular weight excluding hydrogens is 418 g/mol. The summed E-state index contributed by atoms with van der Waals surface area (Å²) in [4.78, 5) is 23.7. The Balaban J connectivity index is 1.93. The molecule has 2 aromatic heterocycles. The van der Waals surface area contributed by atoms with E-state index in [0.29, 0.717) is 39.2 Å². The van der Waals surface area contributed by atoms with Crippen LogP contribution in [0.15, 0.2) is 97.6 Å². The standard InChI is InChI=1S/C26H19N3O4/c1-15-14-20(30)33-24-18(15)12-13-19-22(24)21(16-8-4-2-5-9-16)25(32-19)23(28-29-26(27)31)17-10-6-3-7-11-17/h2-14H,1H3,(H3,27,29,31)/b28-23+. The van der Waals surface area contributed by atoms with E-state index >= 15 is 0 Å². The Hall–Kier alpha value is -4.65. The van der Waals surface area contributed by atoms with Crippen LogP contribution < -0.4 is 16.8 Å². The molecule has 2 amide bonds. The van der Waals surface area contributed by atoms with Crippen molar-refractivity contribution in [2.45, 2.75) is 6.92 Å². The van der Waals surface area contributed by atoms with Gasteiger partial charge in [-0.1, -0.05) is 60.7 Å². The minimum absolute atomic E-state index is 0.382. The van der Waals surface area contributed by atoms with Gasteiger partial charge < -0.3 is 14.6 Å². The summed E-state index contributed by atoms with van der Waals surface area (Å²) >= 11 is 0. The third-order valence-electron chi connectivity index (χ3n) is 5.37. The summed E-state index contributed by atoms with van der Waals surface area (Å²) < 4.78 is 12.0. The minimum Gasteiger partial charge on any atom is -0.454 e. The van der Waals surface area contributed by atoms with Crippen LogP contribution in [0, 0.1) is 6.92 Å². The molecule has 3 aromatic carbocycles. The largest absolute Gasteiger partial charge is 0.454 e. The number of hydrazone groups is 1. The predicted molar refractivity (Wildman–Crippen MR) is 127 cm³/mol. The fourth-order valence-corrected chi connectivity index (χ4v) is 3.96. The van der Waals surface area contributed by atoms with Gasteiger partial charge in [0, 0.05) is 22.6 Å². The summed E-state index contributed by atoms with van der Waals surface area (Å²) in [6.07, 6.45) is 0. The molecule has 0 radical (unpaired) electrons. The third kappa shape index (κ3) is 3.65. The molecule has 162 valence electrons. The van der Waals surface area contributed by atoms with Crippen LogP contribution in [0.25, 0.3) is 33.1 Å². The molecule has 0 aliphatic carbocycles. The molecule has 7 nitrogen and oxygen atoms in total. The quantitative estimate of drug-likeness (QED) is 0.236. The molecule has 5 aromatic rings. The number of rotatable bonds is 4. The lowest BCUT2D eigenvalue weighted by Crippen LogP contribution is -2.26. The summed E-state index contributed by atoms with van der Waals surface area (Å²) in [7, 11) is 0. The van der Waals surface area contributed by atoms with Gasteiger partial charge in [0.25, 0.3) is 0 Å². The van der Waals surface area contributed by atoms with E-state index in [2.05, 4.69) is 10.5 Å². The van der Waals surface area contributed by atoms with E-state index < -0.39 is 11.7 Å². The molecule has 0 saturated heterocycles. The normalized spacial score (nSPS) is 11.7. The first-order chi connectivity index (χ1) is 16.0. The number of hydrogen-bond acceptors (Lipinski definition) is 5. The number of nitrogens with zero attached hydrogens (tertiary/aromatic N) is 1. The van der Waals surface area contributed by atoms with Crippen molar-refractivity contribution in [3.05, 3.63) is 106 Å². The van der Waals surface area contributed by atoms with E-state index in [0.717, 1.165) is 16.5 Å². The van der Waals surface area contributed by atoms with Crippen LogP contribution in [0.5, 0.6) is 0 Å². The Morgan fingerprint density at radius 1 is 0.939 bits per heavy atom. The van der Waals surface area contributed by atoms with E-state index in [-0.39, 0.29) is 0 Å². The van der Waals surface area contributed by atoms with E-state index in [9.17, 15) is 9.59 Å². The van der Waals surface area contributed by atoms with Gasteiger partial charge in [-0.2, -0.15) is 5.10 Å². The number of fused-ring (bicyclic) bond motifs is 3. The number of furan rings is 1. The van der Waals surface area contributed by atoms with Crippen LogP contribution in [0.1, 0.15) is 16.9 Å². The van der Waals surface area contributed by atoms with Gasteiger partial charge in [-0.15, -0.1) is 0 Å². The van der Waals surface area contributed by atoms with E-state index in [1.807, 2.05) is 79.7 Å².